The van der Waals surface area contributed by atoms with Crippen molar-refractivity contribution in [1.29, 1.82) is 0 Å². The van der Waals surface area contributed by atoms with E-state index in [1.165, 1.54) is 7.11 Å². The van der Waals surface area contributed by atoms with Gasteiger partial charge in [-0.25, -0.2) is 9.97 Å². The van der Waals surface area contributed by atoms with E-state index < -0.39 is 0 Å². The molecule has 0 aliphatic heterocycles. The van der Waals surface area contributed by atoms with E-state index in [0.717, 1.165) is 5.56 Å². The Morgan fingerprint density at radius 2 is 2.07 bits per heavy atom. The van der Waals surface area contributed by atoms with E-state index in [2.05, 4.69) is 14.7 Å². The van der Waals surface area contributed by atoms with Gasteiger partial charge in [-0.15, -0.1) is 0 Å². The second-order valence-corrected chi connectivity index (χ2v) is 3.15. The maximum Gasteiger partial charge on any atom is 0.325 e. The van der Waals surface area contributed by atoms with Crippen LogP contribution in [0.25, 0.3) is 0 Å². The second kappa shape index (κ2) is 5.29. The first kappa shape index (κ1) is 11.4. The van der Waals surface area contributed by atoms with Gasteiger partial charge in [0.05, 0.1) is 7.11 Å². The molecular weight excluding hydrogens is 194 g/mol. The molecule has 0 amide bonds. The first-order chi connectivity index (χ1) is 7.17. The molecule has 0 radical (unpaired) electrons. The van der Waals surface area contributed by atoms with Gasteiger partial charge in [-0.3, -0.25) is 4.79 Å². The summed E-state index contributed by atoms with van der Waals surface area (Å²) < 4.78 is 4.59. The molecule has 0 saturated heterocycles. The topological polar surface area (TPSA) is 55.3 Å². The zero-order valence-corrected chi connectivity index (χ0v) is 9.23. The highest BCUT2D eigenvalue weighted by molar-refractivity contribution is 5.74. The zero-order valence-electron chi connectivity index (χ0n) is 9.23. The van der Waals surface area contributed by atoms with Crippen LogP contribution in [0.5, 0.6) is 0 Å². The molecule has 0 aromatic carbocycles. The number of hydrogen-bond acceptors (Lipinski definition) is 5. The van der Waals surface area contributed by atoms with E-state index in [-0.39, 0.29) is 12.5 Å². The molecule has 5 nitrogen and oxygen atoms in total. The van der Waals surface area contributed by atoms with E-state index in [1.54, 1.807) is 17.3 Å². The summed E-state index contributed by atoms with van der Waals surface area (Å²) in [7, 11) is 1.37. The van der Waals surface area contributed by atoms with Gasteiger partial charge in [-0.2, -0.15) is 0 Å². The van der Waals surface area contributed by atoms with Crippen LogP contribution in [0.2, 0.25) is 0 Å². The van der Waals surface area contributed by atoms with E-state index in [1.807, 2.05) is 13.8 Å². The average Bonchev–Trinajstić information content (AvgIpc) is 2.27. The molecule has 82 valence electrons. The third-order valence-corrected chi connectivity index (χ3v) is 1.98. The molecule has 0 aliphatic rings. The standard InChI is InChI=1S/C10H15N3O2/c1-4-13(7-9(14)15-3)10-11-5-8(2)6-12-10/h5-6H,4,7H2,1-3H3. The maximum absolute atomic E-state index is 11.1. The van der Waals surface area contributed by atoms with Gasteiger partial charge in [0.2, 0.25) is 5.95 Å². The number of anilines is 1. The number of aromatic nitrogens is 2. The van der Waals surface area contributed by atoms with Crippen molar-refractivity contribution in [2.45, 2.75) is 13.8 Å². The summed E-state index contributed by atoms with van der Waals surface area (Å²) in [5.41, 5.74) is 0.993. The van der Waals surface area contributed by atoms with Gasteiger partial charge < -0.3 is 9.64 Å². The van der Waals surface area contributed by atoms with Gasteiger partial charge >= 0.3 is 5.97 Å². The normalized spacial score (nSPS) is 9.80. The number of rotatable bonds is 4. The Kier molecular flexibility index (Phi) is 4.03. The van der Waals surface area contributed by atoms with Gasteiger partial charge in [0, 0.05) is 18.9 Å². The number of ether oxygens (including phenoxy) is 1. The van der Waals surface area contributed by atoms with E-state index in [9.17, 15) is 4.79 Å². The van der Waals surface area contributed by atoms with Crippen molar-refractivity contribution in [2.24, 2.45) is 0 Å². The fourth-order valence-electron chi connectivity index (χ4n) is 1.09. The number of carbonyl (C=O) groups excluding carboxylic acids is 1. The number of esters is 1. The van der Waals surface area contributed by atoms with Crippen molar-refractivity contribution in [3.8, 4) is 0 Å². The second-order valence-electron chi connectivity index (χ2n) is 3.15. The zero-order chi connectivity index (χ0) is 11.3. The molecule has 0 unspecified atom stereocenters. The number of hydrogen-bond donors (Lipinski definition) is 0. The predicted octanol–water partition coefficient (Wildman–Crippen LogP) is 0.784. The molecule has 0 aliphatic carbocycles. The number of nitrogens with zero attached hydrogens (tertiary/aromatic N) is 3. The van der Waals surface area contributed by atoms with Crippen LogP contribution in [0.15, 0.2) is 12.4 Å². The van der Waals surface area contributed by atoms with Gasteiger partial charge in [-0.05, 0) is 19.4 Å². The Morgan fingerprint density at radius 3 is 2.53 bits per heavy atom. The van der Waals surface area contributed by atoms with Crippen molar-refractivity contribution in [1.82, 2.24) is 9.97 Å². The summed E-state index contributed by atoms with van der Waals surface area (Å²) >= 11 is 0. The number of likely N-dealkylation sites (N-methyl/N-ethyl adjacent to an activating group) is 1. The minimum atomic E-state index is -0.291. The lowest BCUT2D eigenvalue weighted by molar-refractivity contribution is -0.138. The molecule has 0 fully saturated rings. The highest BCUT2D eigenvalue weighted by Gasteiger charge is 2.11. The smallest absolute Gasteiger partial charge is 0.325 e. The van der Waals surface area contributed by atoms with Gasteiger partial charge in [-0.1, -0.05) is 0 Å². The van der Waals surface area contributed by atoms with Crippen LogP contribution in [0, 0.1) is 6.92 Å². The van der Waals surface area contributed by atoms with Crippen molar-refractivity contribution in [3.05, 3.63) is 18.0 Å². The van der Waals surface area contributed by atoms with Crippen LogP contribution in [0.4, 0.5) is 5.95 Å². The summed E-state index contributed by atoms with van der Waals surface area (Å²) in [4.78, 5) is 21.1. The van der Waals surface area contributed by atoms with Crippen LogP contribution < -0.4 is 4.90 Å². The molecule has 0 bridgehead atoms. The fraction of sp³-hybridized carbons (Fsp3) is 0.500. The van der Waals surface area contributed by atoms with E-state index in [4.69, 9.17) is 0 Å². The number of aryl methyl sites for hydroxylation is 1. The molecule has 0 saturated carbocycles. The van der Waals surface area contributed by atoms with Gasteiger partial charge in [0.25, 0.3) is 0 Å². The Labute approximate surface area is 89.1 Å². The van der Waals surface area contributed by atoms with E-state index >= 15 is 0 Å². The summed E-state index contributed by atoms with van der Waals surface area (Å²) in [5.74, 6) is 0.259. The quantitative estimate of drug-likeness (QED) is 0.686. The van der Waals surface area contributed by atoms with Crippen molar-refractivity contribution in [2.75, 3.05) is 25.1 Å². The number of carbonyl (C=O) groups is 1. The molecule has 0 N–H and O–H groups in total. The van der Waals surface area contributed by atoms with Crippen LogP contribution in [-0.2, 0) is 9.53 Å². The Balaban J connectivity index is 2.74. The molecule has 0 atom stereocenters. The maximum atomic E-state index is 11.1. The van der Waals surface area contributed by atoms with Gasteiger partial charge in [0.15, 0.2) is 0 Å². The van der Waals surface area contributed by atoms with Crippen molar-refractivity contribution < 1.29 is 9.53 Å². The molecule has 0 spiro atoms. The molecular formula is C10H15N3O2. The first-order valence-electron chi connectivity index (χ1n) is 4.77. The predicted molar refractivity (Wildman–Crippen MR) is 56.7 cm³/mol. The lowest BCUT2D eigenvalue weighted by Crippen LogP contribution is -2.31. The summed E-state index contributed by atoms with van der Waals surface area (Å²) in [6.07, 6.45) is 3.45. The lowest BCUT2D eigenvalue weighted by Gasteiger charge is -2.18. The molecule has 15 heavy (non-hydrogen) atoms. The average molecular weight is 209 g/mol. The molecule has 1 heterocycles. The lowest BCUT2D eigenvalue weighted by atomic mass is 10.4. The summed E-state index contributed by atoms with van der Waals surface area (Å²) in [5, 5.41) is 0. The third kappa shape index (κ3) is 3.19. The molecule has 1 aromatic heterocycles. The molecule has 1 aromatic rings. The minimum absolute atomic E-state index is 0.177. The van der Waals surface area contributed by atoms with Gasteiger partial charge in [0.1, 0.15) is 6.54 Å². The largest absolute Gasteiger partial charge is 0.468 e. The van der Waals surface area contributed by atoms with E-state index in [0.29, 0.717) is 12.5 Å². The third-order valence-electron chi connectivity index (χ3n) is 1.98. The minimum Gasteiger partial charge on any atom is -0.468 e. The van der Waals surface area contributed by atoms with Crippen molar-refractivity contribution in [3.63, 3.8) is 0 Å². The number of methoxy groups -OCH3 is 1. The van der Waals surface area contributed by atoms with Crippen LogP contribution >= 0.6 is 0 Å². The Bertz CT molecular complexity index is 324. The Hall–Kier alpha value is -1.65. The highest BCUT2D eigenvalue weighted by Crippen LogP contribution is 2.05. The van der Waals surface area contributed by atoms with Crippen molar-refractivity contribution >= 4 is 11.9 Å². The summed E-state index contributed by atoms with van der Waals surface area (Å²) in [6, 6.07) is 0. The van der Waals surface area contributed by atoms with Crippen LogP contribution in [0.1, 0.15) is 12.5 Å². The summed E-state index contributed by atoms with van der Waals surface area (Å²) in [6.45, 7) is 4.70. The fourth-order valence-corrected chi connectivity index (χ4v) is 1.09. The molecule has 5 heteroatoms. The van der Waals surface area contributed by atoms with Crippen LogP contribution in [0.3, 0.4) is 0 Å². The SMILES string of the molecule is CCN(CC(=O)OC)c1ncc(C)cn1. The highest BCUT2D eigenvalue weighted by atomic mass is 16.5. The van der Waals surface area contributed by atoms with Crippen LogP contribution in [-0.4, -0.2) is 36.1 Å². The monoisotopic (exact) mass is 209 g/mol. The Morgan fingerprint density at radius 1 is 1.47 bits per heavy atom. The first-order valence-corrected chi connectivity index (χ1v) is 4.77. The molecule has 1 rings (SSSR count).